The first kappa shape index (κ1) is 13.3. The van der Waals surface area contributed by atoms with Gasteiger partial charge >= 0.3 is 0 Å². The number of fused-ring (bicyclic) bond motifs is 1. The van der Waals surface area contributed by atoms with Crippen molar-refractivity contribution >= 4 is 16.9 Å². The van der Waals surface area contributed by atoms with Crippen LogP contribution in [-0.2, 0) is 0 Å². The maximum atomic E-state index is 4.67. The molecule has 4 rings (SSSR count). The fraction of sp³-hybridized carbons (Fsp3) is 0.333. The highest BCUT2D eigenvalue weighted by Gasteiger charge is 2.28. The maximum absolute atomic E-state index is 4.67. The molecule has 0 bridgehead atoms. The third-order valence-corrected chi connectivity index (χ3v) is 4.63. The van der Waals surface area contributed by atoms with Crippen LogP contribution in [0.4, 0.5) is 5.82 Å². The Morgan fingerprint density at radius 1 is 1.09 bits per heavy atom. The van der Waals surface area contributed by atoms with Gasteiger partial charge in [-0.05, 0) is 51.0 Å². The van der Waals surface area contributed by atoms with Crippen LogP contribution < -0.4 is 4.90 Å². The van der Waals surface area contributed by atoms with E-state index in [1.165, 1.54) is 12.8 Å². The molecule has 0 spiro atoms. The van der Waals surface area contributed by atoms with Crippen LogP contribution in [0.15, 0.2) is 42.6 Å². The lowest BCUT2D eigenvalue weighted by atomic mass is 10.2. The van der Waals surface area contributed by atoms with Crippen LogP contribution in [0.2, 0.25) is 0 Å². The molecule has 1 saturated heterocycles. The zero-order valence-electron chi connectivity index (χ0n) is 13.0. The third-order valence-electron chi connectivity index (χ3n) is 4.63. The number of nitrogens with zero attached hydrogens (tertiary/aromatic N) is 3. The average Bonchev–Trinajstić information content (AvgIpc) is 3.11. The zero-order valence-corrected chi connectivity index (χ0v) is 13.0. The molecule has 1 aliphatic rings. The van der Waals surface area contributed by atoms with Crippen LogP contribution in [0.25, 0.3) is 22.4 Å². The summed E-state index contributed by atoms with van der Waals surface area (Å²) >= 11 is 0. The van der Waals surface area contributed by atoms with Crippen molar-refractivity contribution < 1.29 is 1.43 Å². The Morgan fingerprint density at radius 3 is 2.55 bits per heavy atom. The number of hydrogen-bond acceptors (Lipinski definition) is 3. The molecule has 0 radical (unpaired) electrons. The molecule has 1 N–H and O–H groups in total. The van der Waals surface area contributed by atoms with Gasteiger partial charge in [-0.15, -0.1) is 0 Å². The minimum absolute atomic E-state index is 0. The Labute approximate surface area is 131 Å². The fourth-order valence-electron chi connectivity index (χ4n) is 3.41. The second-order valence-corrected chi connectivity index (χ2v) is 6.19. The SMILES string of the molecule is C[C@H]1CC[C@H](C)N1c1ccc(-c2nc3ccccc3[nH]2)cn1.[HH]. The molecule has 1 aliphatic heterocycles. The van der Waals surface area contributed by atoms with Gasteiger partial charge in [-0.3, -0.25) is 0 Å². The largest absolute Gasteiger partial charge is 0.351 e. The predicted molar refractivity (Wildman–Crippen MR) is 92.1 cm³/mol. The number of rotatable bonds is 2. The van der Waals surface area contributed by atoms with Gasteiger partial charge in [0.1, 0.15) is 11.6 Å². The molecular formula is C18H22N4. The Kier molecular flexibility index (Phi) is 3.10. The normalized spacial score (nSPS) is 21.6. The van der Waals surface area contributed by atoms with Crippen molar-refractivity contribution in [2.75, 3.05) is 4.90 Å². The number of pyridine rings is 1. The van der Waals surface area contributed by atoms with Gasteiger partial charge < -0.3 is 9.88 Å². The van der Waals surface area contributed by atoms with Crippen LogP contribution in [0.5, 0.6) is 0 Å². The fourth-order valence-corrected chi connectivity index (χ4v) is 3.41. The van der Waals surface area contributed by atoms with Gasteiger partial charge in [0.25, 0.3) is 0 Å². The molecule has 3 aromatic rings. The molecule has 22 heavy (non-hydrogen) atoms. The summed E-state index contributed by atoms with van der Waals surface area (Å²) in [6.45, 7) is 4.55. The molecule has 0 aliphatic carbocycles. The summed E-state index contributed by atoms with van der Waals surface area (Å²) in [4.78, 5) is 15.1. The minimum atomic E-state index is 0. The summed E-state index contributed by atoms with van der Waals surface area (Å²) in [5.41, 5.74) is 3.08. The van der Waals surface area contributed by atoms with E-state index in [0.29, 0.717) is 12.1 Å². The molecule has 2 aromatic heterocycles. The maximum Gasteiger partial charge on any atom is 0.140 e. The molecule has 0 amide bonds. The molecule has 1 aromatic carbocycles. The number of anilines is 1. The highest BCUT2D eigenvalue weighted by atomic mass is 15.2. The molecule has 0 unspecified atom stereocenters. The van der Waals surface area contributed by atoms with E-state index >= 15 is 0 Å². The average molecular weight is 294 g/mol. The van der Waals surface area contributed by atoms with E-state index in [2.05, 4.69) is 45.8 Å². The van der Waals surface area contributed by atoms with Crippen LogP contribution in [0.1, 0.15) is 28.1 Å². The van der Waals surface area contributed by atoms with Crippen molar-refractivity contribution in [2.45, 2.75) is 38.8 Å². The first-order valence-electron chi connectivity index (χ1n) is 7.92. The van der Waals surface area contributed by atoms with Gasteiger partial charge in [-0.2, -0.15) is 0 Å². The molecule has 4 nitrogen and oxygen atoms in total. The summed E-state index contributed by atoms with van der Waals surface area (Å²) in [5, 5.41) is 0. The molecule has 4 heteroatoms. The summed E-state index contributed by atoms with van der Waals surface area (Å²) in [5.74, 6) is 1.94. The van der Waals surface area contributed by atoms with Crippen molar-refractivity contribution in [3.05, 3.63) is 42.6 Å². The number of benzene rings is 1. The Morgan fingerprint density at radius 2 is 1.86 bits per heavy atom. The van der Waals surface area contributed by atoms with Crippen LogP contribution in [0.3, 0.4) is 0 Å². The first-order valence-corrected chi connectivity index (χ1v) is 7.92. The van der Waals surface area contributed by atoms with E-state index in [-0.39, 0.29) is 1.43 Å². The lowest BCUT2D eigenvalue weighted by Crippen LogP contribution is -2.33. The standard InChI is InChI=1S/C18H20N4.H2/c1-12-7-8-13(2)22(12)17-10-9-14(11-19-17)18-20-15-5-3-4-6-16(15)21-18;/h3-6,9-13H,7-8H2,1-2H3,(H,20,21);1H/t12-,13-;/m0./s1. The Bertz CT molecular complexity index is 753. The van der Waals surface area contributed by atoms with Crippen molar-refractivity contribution in [1.82, 2.24) is 15.0 Å². The van der Waals surface area contributed by atoms with E-state index in [1.54, 1.807) is 0 Å². The van der Waals surface area contributed by atoms with E-state index in [4.69, 9.17) is 0 Å². The minimum Gasteiger partial charge on any atom is -0.351 e. The van der Waals surface area contributed by atoms with Gasteiger partial charge in [0.2, 0.25) is 0 Å². The van der Waals surface area contributed by atoms with Crippen LogP contribution >= 0.6 is 0 Å². The Balaban J connectivity index is 0.00000156. The highest BCUT2D eigenvalue weighted by molar-refractivity contribution is 5.79. The molecule has 3 heterocycles. The molecule has 114 valence electrons. The van der Waals surface area contributed by atoms with Crippen molar-refractivity contribution in [3.8, 4) is 11.4 Å². The van der Waals surface area contributed by atoms with Gasteiger partial charge in [0.15, 0.2) is 0 Å². The number of hydrogen-bond donors (Lipinski definition) is 1. The van der Waals surface area contributed by atoms with Gasteiger partial charge in [-0.25, -0.2) is 9.97 Å². The monoisotopic (exact) mass is 294 g/mol. The van der Waals surface area contributed by atoms with Crippen molar-refractivity contribution in [3.63, 3.8) is 0 Å². The number of nitrogens with one attached hydrogen (secondary N) is 1. The smallest absolute Gasteiger partial charge is 0.140 e. The number of para-hydroxylation sites is 2. The van der Waals surface area contributed by atoms with Crippen LogP contribution in [0, 0.1) is 0 Å². The van der Waals surface area contributed by atoms with Gasteiger partial charge in [-0.1, -0.05) is 12.1 Å². The predicted octanol–water partition coefficient (Wildman–Crippen LogP) is 4.25. The second kappa shape index (κ2) is 5.13. The van der Waals surface area contributed by atoms with Gasteiger partial charge in [0, 0.05) is 25.3 Å². The molecule has 2 atom stereocenters. The van der Waals surface area contributed by atoms with Crippen molar-refractivity contribution in [1.29, 1.82) is 0 Å². The quantitative estimate of drug-likeness (QED) is 0.768. The molecular weight excluding hydrogens is 272 g/mol. The lowest BCUT2D eigenvalue weighted by Gasteiger charge is -2.27. The van der Waals surface area contributed by atoms with Gasteiger partial charge in [0.05, 0.1) is 11.0 Å². The number of aromatic amines is 1. The Hall–Kier alpha value is -2.36. The lowest BCUT2D eigenvalue weighted by molar-refractivity contribution is 0.683. The zero-order chi connectivity index (χ0) is 15.1. The van der Waals surface area contributed by atoms with Crippen molar-refractivity contribution in [2.24, 2.45) is 0 Å². The summed E-state index contributed by atoms with van der Waals surface area (Å²) in [6.07, 6.45) is 4.41. The summed E-state index contributed by atoms with van der Waals surface area (Å²) in [6, 6.07) is 13.4. The topological polar surface area (TPSA) is 44.8 Å². The summed E-state index contributed by atoms with van der Waals surface area (Å²) in [7, 11) is 0. The van der Waals surface area contributed by atoms with Crippen LogP contribution in [-0.4, -0.2) is 27.0 Å². The number of H-pyrrole nitrogens is 1. The van der Waals surface area contributed by atoms with E-state index in [0.717, 1.165) is 28.2 Å². The van der Waals surface area contributed by atoms with E-state index in [1.807, 2.05) is 30.5 Å². The number of aromatic nitrogens is 3. The van der Waals surface area contributed by atoms with E-state index < -0.39 is 0 Å². The first-order chi connectivity index (χ1) is 10.7. The highest BCUT2D eigenvalue weighted by Crippen LogP contribution is 2.29. The number of imidazole rings is 1. The molecule has 0 saturated carbocycles. The molecule has 1 fully saturated rings. The third kappa shape index (κ3) is 2.15. The summed E-state index contributed by atoms with van der Waals surface area (Å²) < 4.78 is 0. The van der Waals surface area contributed by atoms with E-state index in [9.17, 15) is 0 Å². The second-order valence-electron chi connectivity index (χ2n) is 6.19.